The maximum atomic E-state index is 13.6. The first-order valence-electron chi connectivity index (χ1n) is 10.7. The van der Waals surface area contributed by atoms with Crippen molar-refractivity contribution in [2.45, 2.75) is 18.6 Å². The van der Waals surface area contributed by atoms with Gasteiger partial charge in [-0.15, -0.1) is 0 Å². The van der Waals surface area contributed by atoms with Gasteiger partial charge in [-0.3, -0.25) is 9.59 Å². The Bertz CT molecular complexity index is 945. The monoisotopic (exact) mass is 440 g/mol. The zero-order valence-electron chi connectivity index (χ0n) is 18.4. The van der Waals surface area contributed by atoms with Gasteiger partial charge in [0.2, 0.25) is 5.91 Å². The molecule has 2 aromatic carbocycles. The lowest BCUT2D eigenvalue weighted by Crippen LogP contribution is -2.51. The Morgan fingerprint density at radius 1 is 0.969 bits per heavy atom. The van der Waals surface area contributed by atoms with Crippen LogP contribution in [-0.2, 0) is 9.53 Å². The molecule has 0 radical (unpaired) electrons. The van der Waals surface area contributed by atoms with Crippen LogP contribution in [0.4, 0.5) is 0 Å². The molecule has 2 aliphatic rings. The van der Waals surface area contributed by atoms with E-state index >= 15 is 0 Å². The van der Waals surface area contributed by atoms with E-state index in [1.807, 2.05) is 30.3 Å². The zero-order valence-corrected chi connectivity index (χ0v) is 18.4. The van der Waals surface area contributed by atoms with Gasteiger partial charge in [0.1, 0.15) is 29.4 Å². The molecule has 0 bridgehead atoms. The summed E-state index contributed by atoms with van der Waals surface area (Å²) in [5.74, 6) is 1.36. The molecule has 170 valence electrons. The number of nitrogens with zero attached hydrogens (tertiary/aromatic N) is 2. The number of morpholine rings is 1. The zero-order chi connectivity index (χ0) is 22.5. The first-order chi connectivity index (χ1) is 15.6. The number of hydrogen-bond acceptors (Lipinski definition) is 6. The lowest BCUT2D eigenvalue weighted by atomic mass is 10.1. The predicted molar refractivity (Wildman–Crippen MR) is 117 cm³/mol. The van der Waals surface area contributed by atoms with Gasteiger partial charge in [0, 0.05) is 25.6 Å². The average molecular weight is 440 g/mol. The second-order valence-electron chi connectivity index (χ2n) is 7.77. The van der Waals surface area contributed by atoms with Crippen LogP contribution in [0.1, 0.15) is 16.8 Å². The van der Waals surface area contributed by atoms with Crippen LogP contribution in [0.3, 0.4) is 0 Å². The highest BCUT2D eigenvalue weighted by Gasteiger charge is 2.43. The number of carbonyl (C=O) groups excluding carboxylic acids is 2. The lowest BCUT2D eigenvalue weighted by molar-refractivity contribution is -0.139. The summed E-state index contributed by atoms with van der Waals surface area (Å²) in [5, 5.41) is 0. The van der Waals surface area contributed by atoms with E-state index in [0.717, 1.165) is 0 Å². The van der Waals surface area contributed by atoms with Gasteiger partial charge in [0.05, 0.1) is 39.5 Å². The van der Waals surface area contributed by atoms with Crippen molar-refractivity contribution in [3.63, 3.8) is 0 Å². The van der Waals surface area contributed by atoms with Crippen molar-refractivity contribution < 1.29 is 28.5 Å². The molecule has 2 amide bonds. The van der Waals surface area contributed by atoms with Crippen LogP contribution in [0.25, 0.3) is 0 Å². The largest absolute Gasteiger partial charge is 0.497 e. The Morgan fingerprint density at radius 3 is 2.41 bits per heavy atom. The molecule has 2 atom stereocenters. The van der Waals surface area contributed by atoms with Gasteiger partial charge in [-0.05, 0) is 24.3 Å². The van der Waals surface area contributed by atoms with Gasteiger partial charge in [0.15, 0.2) is 0 Å². The molecule has 2 aromatic rings. The lowest BCUT2D eigenvalue weighted by Gasteiger charge is -2.32. The quantitative estimate of drug-likeness (QED) is 0.686. The molecule has 2 heterocycles. The number of rotatable bonds is 6. The average Bonchev–Trinajstić information content (AvgIpc) is 3.27. The van der Waals surface area contributed by atoms with Crippen molar-refractivity contribution in [3.05, 3.63) is 54.1 Å². The molecule has 2 saturated heterocycles. The maximum Gasteiger partial charge on any atom is 0.258 e. The van der Waals surface area contributed by atoms with Gasteiger partial charge in [-0.2, -0.15) is 0 Å². The second-order valence-corrected chi connectivity index (χ2v) is 7.77. The molecular formula is C24H28N2O6. The van der Waals surface area contributed by atoms with Crippen LogP contribution in [0.15, 0.2) is 48.5 Å². The molecular weight excluding hydrogens is 412 g/mol. The number of para-hydroxylation sites is 1. The van der Waals surface area contributed by atoms with Crippen LogP contribution in [-0.4, -0.2) is 80.8 Å². The minimum Gasteiger partial charge on any atom is -0.497 e. The fourth-order valence-electron chi connectivity index (χ4n) is 4.16. The van der Waals surface area contributed by atoms with Crippen LogP contribution in [0.5, 0.6) is 17.2 Å². The van der Waals surface area contributed by atoms with Gasteiger partial charge in [0.25, 0.3) is 5.91 Å². The minimum atomic E-state index is -0.610. The highest BCUT2D eigenvalue weighted by molar-refractivity contribution is 6.00. The molecule has 2 fully saturated rings. The third-order valence-corrected chi connectivity index (χ3v) is 5.82. The summed E-state index contributed by atoms with van der Waals surface area (Å²) in [7, 11) is 3.06. The predicted octanol–water partition coefficient (Wildman–Crippen LogP) is 2.22. The van der Waals surface area contributed by atoms with E-state index in [1.54, 1.807) is 35.1 Å². The van der Waals surface area contributed by atoms with E-state index in [9.17, 15) is 9.59 Å². The van der Waals surface area contributed by atoms with E-state index in [-0.39, 0.29) is 17.9 Å². The number of methoxy groups -OCH3 is 2. The summed E-state index contributed by atoms with van der Waals surface area (Å²) in [4.78, 5) is 30.3. The van der Waals surface area contributed by atoms with Crippen LogP contribution in [0.2, 0.25) is 0 Å². The smallest absolute Gasteiger partial charge is 0.258 e. The summed E-state index contributed by atoms with van der Waals surface area (Å²) in [6, 6.07) is 13.9. The summed E-state index contributed by atoms with van der Waals surface area (Å²) >= 11 is 0. The van der Waals surface area contributed by atoms with E-state index in [1.165, 1.54) is 7.11 Å². The van der Waals surface area contributed by atoms with Crippen LogP contribution < -0.4 is 14.2 Å². The molecule has 32 heavy (non-hydrogen) atoms. The Morgan fingerprint density at radius 2 is 1.72 bits per heavy atom. The summed E-state index contributed by atoms with van der Waals surface area (Å²) in [6.07, 6.45) is 0.135. The SMILES string of the molecule is COc1ccc(C(=O)N2CC(Oc3ccccc3)CC2C(=O)N2CCOCC2)c(OC)c1. The van der Waals surface area contributed by atoms with Crippen LogP contribution >= 0.6 is 0 Å². The fourth-order valence-corrected chi connectivity index (χ4v) is 4.16. The van der Waals surface area contributed by atoms with Crippen LogP contribution in [0, 0.1) is 0 Å². The molecule has 0 N–H and O–H groups in total. The summed E-state index contributed by atoms with van der Waals surface area (Å²) in [5.41, 5.74) is 0.383. The molecule has 0 spiro atoms. The fraction of sp³-hybridized carbons (Fsp3) is 0.417. The highest BCUT2D eigenvalue weighted by atomic mass is 16.5. The molecule has 8 nitrogen and oxygen atoms in total. The van der Waals surface area contributed by atoms with Crippen molar-refractivity contribution in [1.82, 2.24) is 9.80 Å². The Kier molecular flexibility index (Phi) is 6.80. The molecule has 2 aliphatic heterocycles. The van der Waals surface area contributed by atoms with Crippen molar-refractivity contribution in [1.29, 1.82) is 0 Å². The Labute approximate surface area is 187 Å². The van der Waals surface area contributed by atoms with Gasteiger partial charge < -0.3 is 28.7 Å². The minimum absolute atomic E-state index is 0.0757. The first-order valence-corrected chi connectivity index (χ1v) is 10.7. The third kappa shape index (κ3) is 4.65. The Hall–Kier alpha value is -3.26. The summed E-state index contributed by atoms with van der Waals surface area (Å²) < 4.78 is 22.2. The Balaban J connectivity index is 1.60. The summed E-state index contributed by atoms with van der Waals surface area (Å²) in [6.45, 7) is 2.36. The first kappa shape index (κ1) is 22.0. The van der Waals surface area contributed by atoms with E-state index in [4.69, 9.17) is 18.9 Å². The molecule has 0 saturated carbocycles. The highest BCUT2D eigenvalue weighted by Crippen LogP contribution is 2.31. The van der Waals surface area contributed by atoms with E-state index in [0.29, 0.717) is 62.1 Å². The molecule has 0 aliphatic carbocycles. The van der Waals surface area contributed by atoms with Gasteiger partial charge >= 0.3 is 0 Å². The van der Waals surface area contributed by atoms with Crippen molar-refractivity contribution in [3.8, 4) is 17.2 Å². The topological polar surface area (TPSA) is 77.5 Å². The number of ether oxygens (including phenoxy) is 4. The number of amides is 2. The standard InChI is InChI=1S/C24H28N2O6/c1-29-18-8-9-20(22(15-18)30-2)23(27)26-16-19(32-17-6-4-3-5-7-17)14-21(26)24(28)25-10-12-31-13-11-25/h3-9,15,19,21H,10-14,16H2,1-2H3. The van der Waals surface area contributed by atoms with E-state index in [2.05, 4.69) is 0 Å². The molecule has 8 heteroatoms. The molecule has 0 aromatic heterocycles. The molecule has 4 rings (SSSR count). The maximum absolute atomic E-state index is 13.6. The van der Waals surface area contributed by atoms with E-state index < -0.39 is 6.04 Å². The molecule has 2 unspecified atom stereocenters. The normalized spacial score (nSPS) is 20.7. The number of benzene rings is 2. The number of carbonyl (C=O) groups is 2. The second kappa shape index (κ2) is 9.91. The van der Waals surface area contributed by atoms with Gasteiger partial charge in [-0.1, -0.05) is 18.2 Å². The van der Waals surface area contributed by atoms with Gasteiger partial charge in [-0.25, -0.2) is 0 Å². The van der Waals surface area contributed by atoms with Crippen molar-refractivity contribution >= 4 is 11.8 Å². The van der Waals surface area contributed by atoms with Crippen molar-refractivity contribution in [2.24, 2.45) is 0 Å². The third-order valence-electron chi connectivity index (χ3n) is 5.82. The number of hydrogen-bond donors (Lipinski definition) is 0. The van der Waals surface area contributed by atoms with Crippen molar-refractivity contribution in [2.75, 3.05) is 47.1 Å². The number of likely N-dealkylation sites (tertiary alicyclic amines) is 1.